The van der Waals surface area contributed by atoms with Gasteiger partial charge in [0.1, 0.15) is 5.82 Å². The van der Waals surface area contributed by atoms with Gasteiger partial charge in [-0.25, -0.2) is 4.98 Å². The van der Waals surface area contributed by atoms with E-state index in [1.165, 1.54) is 12.3 Å². The van der Waals surface area contributed by atoms with Crippen molar-refractivity contribution in [3.63, 3.8) is 0 Å². The molecule has 2 rings (SSSR count). The van der Waals surface area contributed by atoms with Gasteiger partial charge in [0.25, 0.3) is 5.69 Å². The van der Waals surface area contributed by atoms with Crippen molar-refractivity contribution in [1.82, 2.24) is 4.98 Å². The summed E-state index contributed by atoms with van der Waals surface area (Å²) in [4.78, 5) is 16.4. The summed E-state index contributed by atoms with van der Waals surface area (Å²) in [7, 11) is 1.77. The van der Waals surface area contributed by atoms with Crippen LogP contribution in [-0.4, -0.2) is 17.0 Å². The first-order valence-electron chi connectivity index (χ1n) is 5.88. The number of hydrogen-bond donors (Lipinski definition) is 0. The molecule has 0 unspecified atom stereocenters. The van der Waals surface area contributed by atoms with E-state index in [4.69, 9.17) is 5.26 Å². The SMILES string of the molecule is Cc1cnc(N(C)c2ccc(C#N)cc2)cc1[N+](=O)[O-]. The number of anilines is 2. The molecule has 0 fully saturated rings. The molecular weight excluding hydrogens is 256 g/mol. The summed E-state index contributed by atoms with van der Waals surface area (Å²) in [5.74, 6) is 0.479. The molecule has 0 spiro atoms. The molecule has 100 valence electrons. The second kappa shape index (κ2) is 5.36. The molecule has 20 heavy (non-hydrogen) atoms. The fourth-order valence-corrected chi connectivity index (χ4v) is 1.77. The Hall–Kier alpha value is -2.94. The number of benzene rings is 1. The number of hydrogen-bond acceptors (Lipinski definition) is 5. The minimum atomic E-state index is -0.423. The molecule has 6 heteroatoms. The topological polar surface area (TPSA) is 83.1 Å². The van der Waals surface area contributed by atoms with E-state index in [0.29, 0.717) is 16.9 Å². The molecule has 2 aromatic rings. The largest absolute Gasteiger partial charge is 0.329 e. The zero-order valence-electron chi connectivity index (χ0n) is 11.1. The maximum Gasteiger partial charge on any atom is 0.277 e. The smallest absolute Gasteiger partial charge is 0.277 e. The fraction of sp³-hybridized carbons (Fsp3) is 0.143. The van der Waals surface area contributed by atoms with Crippen molar-refractivity contribution in [2.45, 2.75) is 6.92 Å². The maximum atomic E-state index is 10.9. The van der Waals surface area contributed by atoms with Gasteiger partial charge in [0, 0.05) is 24.5 Å². The molecule has 0 saturated heterocycles. The predicted octanol–water partition coefficient (Wildman–Crippen LogP) is 2.94. The summed E-state index contributed by atoms with van der Waals surface area (Å²) in [5, 5.41) is 19.7. The third-order valence-electron chi connectivity index (χ3n) is 2.98. The number of nitrogens with zero attached hydrogens (tertiary/aromatic N) is 4. The molecule has 0 aliphatic carbocycles. The van der Waals surface area contributed by atoms with Crippen LogP contribution in [0.15, 0.2) is 36.5 Å². The van der Waals surface area contributed by atoms with Gasteiger partial charge < -0.3 is 4.90 Å². The molecule has 0 amide bonds. The highest BCUT2D eigenvalue weighted by molar-refractivity contribution is 5.62. The van der Waals surface area contributed by atoms with Gasteiger partial charge in [-0.05, 0) is 31.2 Å². The average molecular weight is 268 g/mol. The Labute approximate surface area is 116 Å². The van der Waals surface area contributed by atoms with Crippen LogP contribution in [-0.2, 0) is 0 Å². The van der Waals surface area contributed by atoms with Crippen molar-refractivity contribution in [1.29, 1.82) is 5.26 Å². The molecule has 1 aromatic carbocycles. The van der Waals surface area contributed by atoms with Crippen LogP contribution in [0.1, 0.15) is 11.1 Å². The van der Waals surface area contributed by atoms with Crippen LogP contribution in [0.25, 0.3) is 0 Å². The van der Waals surface area contributed by atoms with Gasteiger partial charge in [-0.1, -0.05) is 0 Å². The summed E-state index contributed by atoms with van der Waals surface area (Å²) in [6, 6.07) is 10.4. The molecule has 0 saturated carbocycles. The molecule has 1 heterocycles. The Kier molecular flexibility index (Phi) is 3.62. The lowest BCUT2D eigenvalue weighted by Crippen LogP contribution is -2.11. The highest BCUT2D eigenvalue weighted by atomic mass is 16.6. The number of nitriles is 1. The van der Waals surface area contributed by atoms with Crippen molar-refractivity contribution in [3.8, 4) is 6.07 Å². The zero-order valence-corrected chi connectivity index (χ0v) is 11.1. The van der Waals surface area contributed by atoms with E-state index in [0.717, 1.165) is 5.69 Å². The van der Waals surface area contributed by atoms with Gasteiger partial charge in [0.2, 0.25) is 0 Å². The minimum absolute atomic E-state index is 0.0375. The number of pyridine rings is 1. The van der Waals surface area contributed by atoms with Crippen molar-refractivity contribution in [3.05, 3.63) is 57.8 Å². The molecule has 0 aliphatic rings. The van der Waals surface area contributed by atoms with Gasteiger partial charge in [-0.15, -0.1) is 0 Å². The number of aromatic nitrogens is 1. The second-order valence-electron chi connectivity index (χ2n) is 4.30. The monoisotopic (exact) mass is 268 g/mol. The lowest BCUT2D eigenvalue weighted by molar-refractivity contribution is -0.385. The number of nitro groups is 1. The maximum absolute atomic E-state index is 10.9. The standard InChI is InChI=1S/C14H12N4O2/c1-10-9-16-14(7-13(10)18(19)20)17(2)12-5-3-11(8-15)4-6-12/h3-7,9H,1-2H3. The summed E-state index contributed by atoms with van der Waals surface area (Å²) < 4.78 is 0. The van der Waals surface area contributed by atoms with E-state index >= 15 is 0 Å². The van der Waals surface area contributed by atoms with Crippen LogP contribution < -0.4 is 4.90 Å². The van der Waals surface area contributed by atoms with Crippen LogP contribution in [0.3, 0.4) is 0 Å². The van der Waals surface area contributed by atoms with E-state index in [9.17, 15) is 10.1 Å². The molecule has 0 atom stereocenters. The van der Waals surface area contributed by atoms with Crippen LogP contribution >= 0.6 is 0 Å². The van der Waals surface area contributed by atoms with E-state index < -0.39 is 4.92 Å². The minimum Gasteiger partial charge on any atom is -0.329 e. The number of rotatable bonds is 3. The fourth-order valence-electron chi connectivity index (χ4n) is 1.77. The highest BCUT2D eigenvalue weighted by Gasteiger charge is 2.15. The van der Waals surface area contributed by atoms with Crippen LogP contribution in [0.2, 0.25) is 0 Å². The quantitative estimate of drug-likeness (QED) is 0.631. The lowest BCUT2D eigenvalue weighted by atomic mass is 10.2. The van der Waals surface area contributed by atoms with Gasteiger partial charge in [-0.2, -0.15) is 5.26 Å². The lowest BCUT2D eigenvalue weighted by Gasteiger charge is -2.18. The molecule has 0 aliphatic heterocycles. The van der Waals surface area contributed by atoms with E-state index in [1.807, 2.05) is 6.07 Å². The first-order chi connectivity index (χ1) is 9.52. The van der Waals surface area contributed by atoms with Gasteiger partial charge >= 0.3 is 0 Å². The average Bonchev–Trinajstić information content (AvgIpc) is 2.47. The Bertz CT molecular complexity index is 689. The molecule has 6 nitrogen and oxygen atoms in total. The molecule has 0 radical (unpaired) electrons. The van der Waals surface area contributed by atoms with Gasteiger partial charge in [0.05, 0.1) is 22.6 Å². The van der Waals surface area contributed by atoms with E-state index in [1.54, 1.807) is 43.1 Å². The van der Waals surface area contributed by atoms with Crippen molar-refractivity contribution >= 4 is 17.2 Å². The Morgan fingerprint density at radius 2 is 2.00 bits per heavy atom. The van der Waals surface area contributed by atoms with E-state index in [-0.39, 0.29) is 5.69 Å². The Morgan fingerprint density at radius 3 is 2.55 bits per heavy atom. The summed E-state index contributed by atoms with van der Waals surface area (Å²) in [5.41, 5.74) is 1.92. The zero-order chi connectivity index (χ0) is 14.7. The number of aryl methyl sites for hydroxylation is 1. The highest BCUT2D eigenvalue weighted by Crippen LogP contribution is 2.26. The first kappa shape index (κ1) is 13.5. The van der Waals surface area contributed by atoms with Crippen molar-refractivity contribution in [2.75, 3.05) is 11.9 Å². The third kappa shape index (κ3) is 2.57. The summed E-state index contributed by atoms with van der Waals surface area (Å²) in [6.45, 7) is 1.65. The normalized spacial score (nSPS) is 9.85. The van der Waals surface area contributed by atoms with Crippen LogP contribution in [0.5, 0.6) is 0 Å². The Morgan fingerprint density at radius 1 is 1.35 bits per heavy atom. The predicted molar refractivity (Wildman–Crippen MR) is 74.8 cm³/mol. The molecule has 0 N–H and O–H groups in total. The van der Waals surface area contributed by atoms with Crippen molar-refractivity contribution < 1.29 is 4.92 Å². The van der Waals surface area contributed by atoms with Crippen LogP contribution in [0.4, 0.5) is 17.2 Å². The molecular formula is C14H12N4O2. The van der Waals surface area contributed by atoms with Gasteiger partial charge in [-0.3, -0.25) is 10.1 Å². The second-order valence-corrected chi connectivity index (χ2v) is 4.30. The molecule has 0 bridgehead atoms. The summed E-state index contributed by atoms with van der Waals surface area (Å²) >= 11 is 0. The van der Waals surface area contributed by atoms with E-state index in [2.05, 4.69) is 4.98 Å². The summed E-state index contributed by atoms with van der Waals surface area (Å²) in [6.07, 6.45) is 1.48. The van der Waals surface area contributed by atoms with Crippen molar-refractivity contribution in [2.24, 2.45) is 0 Å². The third-order valence-corrected chi connectivity index (χ3v) is 2.98. The van der Waals surface area contributed by atoms with Crippen LogP contribution in [0, 0.1) is 28.4 Å². The Balaban J connectivity index is 2.37. The first-order valence-corrected chi connectivity index (χ1v) is 5.88. The van der Waals surface area contributed by atoms with Gasteiger partial charge in [0.15, 0.2) is 0 Å². The molecule has 1 aromatic heterocycles.